The van der Waals surface area contributed by atoms with E-state index in [4.69, 9.17) is 24.3 Å². The van der Waals surface area contributed by atoms with E-state index in [0.29, 0.717) is 4.57 Å². The molecule has 1 fully saturated rings. The standard InChI is InChI=1S/C23H30N5O9P/c1-14(2)35-20(30)15(3)27-38(33,37-16-8-6-5-7-9-16)34-12-17-19(29)22(4,32)23(13-24,36-17)28-11-10-18(25)26-21(28)31/h5-11,14-15,17,19,29,32H,12H2,1-4H3,(H,27,33)(H2,25,26,31)/t15-,17?,19+,22+,23+,38?/m0/s1. The molecule has 15 heteroatoms. The fourth-order valence-electron chi connectivity index (χ4n) is 3.75. The van der Waals surface area contributed by atoms with Gasteiger partial charge in [-0.15, -0.1) is 0 Å². The molecule has 1 aromatic carbocycles. The van der Waals surface area contributed by atoms with Gasteiger partial charge in [-0.1, -0.05) is 18.2 Å². The second-order valence-corrected chi connectivity index (χ2v) is 10.7. The fraction of sp³-hybridized carbons (Fsp3) is 0.478. The van der Waals surface area contributed by atoms with Gasteiger partial charge in [0, 0.05) is 6.20 Å². The summed E-state index contributed by atoms with van der Waals surface area (Å²) in [6, 6.07) is 9.75. The Kier molecular flexibility index (Phi) is 8.62. The maximum atomic E-state index is 13.7. The number of anilines is 1. The Balaban J connectivity index is 1.88. The van der Waals surface area contributed by atoms with Gasteiger partial charge in [-0.25, -0.2) is 9.36 Å². The molecule has 0 spiro atoms. The van der Waals surface area contributed by atoms with Crippen molar-refractivity contribution in [2.24, 2.45) is 0 Å². The maximum Gasteiger partial charge on any atom is 0.459 e. The number of nitriles is 1. The van der Waals surface area contributed by atoms with Crippen molar-refractivity contribution in [1.29, 1.82) is 5.26 Å². The van der Waals surface area contributed by atoms with Crippen LogP contribution in [0.4, 0.5) is 5.82 Å². The van der Waals surface area contributed by atoms with Crippen LogP contribution in [0.2, 0.25) is 0 Å². The summed E-state index contributed by atoms with van der Waals surface area (Å²) in [4.78, 5) is 28.3. The summed E-state index contributed by atoms with van der Waals surface area (Å²) < 4.78 is 36.2. The molecule has 1 saturated heterocycles. The van der Waals surface area contributed by atoms with Gasteiger partial charge in [0.15, 0.2) is 5.60 Å². The molecule has 2 aromatic rings. The van der Waals surface area contributed by atoms with E-state index in [2.05, 4.69) is 10.1 Å². The van der Waals surface area contributed by atoms with Crippen molar-refractivity contribution in [2.75, 3.05) is 12.3 Å². The number of aromatic nitrogens is 2. The van der Waals surface area contributed by atoms with Crippen LogP contribution in [0, 0.1) is 11.3 Å². The highest BCUT2D eigenvalue weighted by Crippen LogP contribution is 2.48. The summed E-state index contributed by atoms with van der Waals surface area (Å²) in [6.07, 6.45) is -2.64. The first-order chi connectivity index (χ1) is 17.7. The van der Waals surface area contributed by atoms with Gasteiger partial charge in [-0.05, 0) is 45.9 Å². The summed E-state index contributed by atoms with van der Waals surface area (Å²) in [6.45, 7) is 5.08. The van der Waals surface area contributed by atoms with Gasteiger partial charge >= 0.3 is 19.4 Å². The van der Waals surface area contributed by atoms with E-state index in [1.54, 1.807) is 38.1 Å². The molecular formula is C23H30N5O9P. The number of aliphatic hydroxyl groups is 2. The molecule has 3 rings (SSSR count). The predicted molar refractivity (Wildman–Crippen MR) is 132 cm³/mol. The smallest absolute Gasteiger partial charge is 0.459 e. The van der Waals surface area contributed by atoms with Crippen LogP contribution in [0.3, 0.4) is 0 Å². The molecule has 14 nitrogen and oxygen atoms in total. The SMILES string of the molecule is CC(C)OC(=O)[C@H](C)NP(=O)(OCC1O[C@@](C#N)(n2ccc(N)nc2=O)[C@](C)(O)[C@@H]1O)Oc1ccccc1. The summed E-state index contributed by atoms with van der Waals surface area (Å²) in [5.74, 6) is -0.717. The molecule has 0 aliphatic carbocycles. The zero-order valence-electron chi connectivity index (χ0n) is 21.2. The molecule has 6 atom stereocenters. The average Bonchev–Trinajstić information content (AvgIpc) is 3.03. The number of hydrogen-bond donors (Lipinski definition) is 4. The van der Waals surface area contributed by atoms with E-state index < -0.39 is 61.7 Å². The Morgan fingerprint density at radius 1 is 1.34 bits per heavy atom. The second kappa shape index (κ2) is 11.2. The number of ether oxygens (including phenoxy) is 2. The number of carbonyl (C=O) groups excluding carboxylic acids is 1. The van der Waals surface area contributed by atoms with Crippen molar-refractivity contribution >= 4 is 19.5 Å². The minimum Gasteiger partial charge on any atom is -0.462 e. The van der Waals surface area contributed by atoms with E-state index in [1.807, 2.05) is 0 Å². The van der Waals surface area contributed by atoms with E-state index in [1.165, 1.54) is 25.1 Å². The number of nitrogens with two attached hydrogens (primary N) is 1. The zero-order valence-corrected chi connectivity index (χ0v) is 22.1. The van der Waals surface area contributed by atoms with Gasteiger partial charge in [0.25, 0.3) is 5.72 Å². The lowest BCUT2D eigenvalue weighted by atomic mass is 9.88. The normalized spacial score (nSPS) is 27.3. The van der Waals surface area contributed by atoms with Gasteiger partial charge in [-0.3, -0.25) is 13.9 Å². The zero-order chi connectivity index (χ0) is 28.3. The lowest BCUT2D eigenvalue weighted by molar-refractivity contribution is -0.151. The van der Waals surface area contributed by atoms with Crippen molar-refractivity contribution in [3.63, 3.8) is 0 Å². The van der Waals surface area contributed by atoms with Gasteiger partial charge in [0.1, 0.15) is 35.9 Å². The first-order valence-electron chi connectivity index (χ1n) is 11.6. The lowest BCUT2D eigenvalue weighted by Crippen LogP contribution is -2.57. The number of esters is 1. The van der Waals surface area contributed by atoms with E-state index in [9.17, 15) is 29.6 Å². The molecule has 206 valence electrons. The Bertz CT molecular complexity index is 1300. The second-order valence-electron chi connectivity index (χ2n) is 9.04. The molecule has 0 saturated carbocycles. The molecule has 0 radical (unpaired) electrons. The number of para-hydroxylation sites is 1. The minimum absolute atomic E-state index is 0.132. The summed E-state index contributed by atoms with van der Waals surface area (Å²) in [5, 5.41) is 34.4. The summed E-state index contributed by atoms with van der Waals surface area (Å²) in [5.41, 5.74) is -0.299. The number of nitrogens with one attached hydrogen (secondary N) is 1. The van der Waals surface area contributed by atoms with Crippen LogP contribution in [-0.2, 0) is 29.1 Å². The third-order valence-corrected chi connectivity index (χ3v) is 7.33. The quantitative estimate of drug-likeness (QED) is 0.236. The van der Waals surface area contributed by atoms with Crippen molar-refractivity contribution in [1.82, 2.24) is 14.6 Å². The van der Waals surface area contributed by atoms with Crippen LogP contribution in [0.25, 0.3) is 0 Å². The Morgan fingerprint density at radius 2 is 2.00 bits per heavy atom. The highest BCUT2D eigenvalue weighted by molar-refractivity contribution is 7.52. The highest BCUT2D eigenvalue weighted by atomic mass is 31.2. The van der Waals surface area contributed by atoms with Crippen LogP contribution < -0.4 is 21.0 Å². The maximum absolute atomic E-state index is 13.7. The van der Waals surface area contributed by atoms with Crippen LogP contribution in [0.1, 0.15) is 27.7 Å². The number of hydrogen-bond acceptors (Lipinski definition) is 12. The van der Waals surface area contributed by atoms with Crippen LogP contribution in [0.15, 0.2) is 47.4 Å². The molecule has 1 aliphatic heterocycles. The van der Waals surface area contributed by atoms with Gasteiger partial charge < -0.3 is 29.9 Å². The van der Waals surface area contributed by atoms with E-state index >= 15 is 0 Å². The monoisotopic (exact) mass is 551 g/mol. The molecule has 38 heavy (non-hydrogen) atoms. The van der Waals surface area contributed by atoms with Crippen molar-refractivity contribution in [3.05, 3.63) is 53.1 Å². The van der Waals surface area contributed by atoms with Crippen LogP contribution in [0.5, 0.6) is 5.75 Å². The van der Waals surface area contributed by atoms with Crippen LogP contribution >= 0.6 is 7.75 Å². The molecule has 2 unspecified atom stereocenters. The number of benzene rings is 1. The fourth-order valence-corrected chi connectivity index (χ4v) is 5.25. The highest BCUT2D eigenvalue weighted by Gasteiger charge is 2.65. The predicted octanol–water partition coefficient (Wildman–Crippen LogP) is 0.646. The molecule has 1 aliphatic rings. The molecular weight excluding hydrogens is 521 g/mol. The minimum atomic E-state index is -4.36. The third kappa shape index (κ3) is 5.88. The summed E-state index contributed by atoms with van der Waals surface area (Å²) in [7, 11) is -4.36. The number of carbonyl (C=O) groups is 1. The van der Waals surface area contributed by atoms with Crippen molar-refractivity contribution in [3.8, 4) is 11.8 Å². The first kappa shape index (κ1) is 29.2. The first-order valence-corrected chi connectivity index (χ1v) is 13.1. The Morgan fingerprint density at radius 3 is 2.58 bits per heavy atom. The van der Waals surface area contributed by atoms with Crippen molar-refractivity contribution < 1.29 is 38.1 Å². The van der Waals surface area contributed by atoms with Crippen LogP contribution in [-0.4, -0.2) is 62.3 Å². The molecule has 0 amide bonds. The molecule has 2 heterocycles. The largest absolute Gasteiger partial charge is 0.462 e. The van der Waals surface area contributed by atoms with E-state index in [-0.39, 0.29) is 11.6 Å². The topological polar surface area (TPSA) is 208 Å². The van der Waals surface area contributed by atoms with Gasteiger partial charge in [-0.2, -0.15) is 15.3 Å². The Hall–Kier alpha value is -3.31. The van der Waals surface area contributed by atoms with Gasteiger partial charge in [0.2, 0.25) is 0 Å². The summed E-state index contributed by atoms with van der Waals surface area (Å²) >= 11 is 0. The number of nitrogens with zero attached hydrogens (tertiary/aromatic N) is 3. The third-order valence-electron chi connectivity index (χ3n) is 5.69. The van der Waals surface area contributed by atoms with E-state index in [0.717, 1.165) is 13.1 Å². The molecule has 5 N–H and O–H groups in total. The number of nitrogen functional groups attached to an aromatic ring is 1. The van der Waals surface area contributed by atoms with Gasteiger partial charge in [0.05, 0.1) is 12.7 Å². The Labute approximate surface area is 218 Å². The number of rotatable bonds is 10. The average molecular weight is 551 g/mol. The lowest BCUT2D eigenvalue weighted by Gasteiger charge is -2.34. The number of aliphatic hydroxyl groups excluding tert-OH is 1. The molecule has 1 aromatic heterocycles. The van der Waals surface area contributed by atoms with Crippen molar-refractivity contribution in [2.45, 2.75) is 63.4 Å². The molecule has 0 bridgehead atoms.